The fourth-order valence-corrected chi connectivity index (χ4v) is 4.53. The molecule has 0 heterocycles. The van der Waals surface area contributed by atoms with Crippen molar-refractivity contribution in [3.63, 3.8) is 0 Å². The van der Waals surface area contributed by atoms with Crippen molar-refractivity contribution in [2.75, 3.05) is 0 Å². The fraction of sp³-hybridized carbons (Fsp3) is 0. The summed E-state index contributed by atoms with van der Waals surface area (Å²) in [6.45, 7) is 0. The van der Waals surface area contributed by atoms with E-state index < -0.39 is 0 Å². The zero-order valence-corrected chi connectivity index (χ0v) is 22.5. The molecule has 0 saturated carbocycles. The number of carbonyl (C=O) groups is 1. The Hall–Kier alpha value is -5.81. The van der Waals surface area contributed by atoms with E-state index in [0.717, 1.165) is 22.3 Å². The first-order chi connectivity index (χ1) is 20.5. The Kier molecular flexibility index (Phi) is 7.38. The predicted octanol–water partition coefficient (Wildman–Crippen LogP) is 9.25. The molecule has 0 aliphatic heterocycles. The minimum Gasteiger partial charge on any atom is -0.508 e. The van der Waals surface area contributed by atoms with E-state index in [1.807, 2.05) is 72.8 Å². The lowest BCUT2D eigenvalue weighted by Crippen LogP contribution is -2.01. The van der Waals surface area contributed by atoms with Crippen molar-refractivity contribution in [3.05, 3.63) is 157 Å². The number of hydrogen-bond donors (Lipinski definition) is 2. The highest BCUT2D eigenvalue weighted by Crippen LogP contribution is 2.29. The van der Waals surface area contributed by atoms with E-state index in [9.17, 15) is 15.0 Å². The van der Waals surface area contributed by atoms with Crippen molar-refractivity contribution in [2.24, 2.45) is 0 Å². The number of phenolic OH excluding ortho intramolecular Hbond substituents is 2. The van der Waals surface area contributed by atoms with Gasteiger partial charge >= 0.3 is 0 Å². The van der Waals surface area contributed by atoms with Crippen LogP contribution in [0, 0.1) is 0 Å². The highest BCUT2D eigenvalue weighted by atomic mass is 16.5. The molecule has 0 unspecified atom stereocenters. The minimum atomic E-state index is -0.0930. The number of carbonyl (C=O) groups excluding carboxylic acids is 1. The number of ketones is 1. The summed E-state index contributed by atoms with van der Waals surface area (Å²) < 4.78 is 11.9. The highest BCUT2D eigenvalue weighted by molar-refractivity contribution is 6.09. The Labute approximate surface area is 243 Å². The second-order valence-electron chi connectivity index (χ2n) is 9.72. The quantitative estimate of drug-likeness (QED) is 0.185. The smallest absolute Gasteiger partial charge is 0.193 e. The Morgan fingerprint density at radius 2 is 0.595 bits per heavy atom. The molecule has 0 saturated heterocycles. The van der Waals surface area contributed by atoms with Gasteiger partial charge in [-0.25, -0.2) is 0 Å². The van der Waals surface area contributed by atoms with E-state index in [1.54, 1.807) is 72.8 Å². The second kappa shape index (κ2) is 11.7. The molecule has 204 valence electrons. The average molecular weight is 551 g/mol. The summed E-state index contributed by atoms with van der Waals surface area (Å²) in [6.07, 6.45) is 0. The molecule has 0 fully saturated rings. The molecule has 0 radical (unpaired) electrons. The second-order valence-corrected chi connectivity index (χ2v) is 9.72. The molecule has 5 nitrogen and oxygen atoms in total. The maximum atomic E-state index is 13.1. The van der Waals surface area contributed by atoms with Gasteiger partial charge in [0.1, 0.15) is 34.5 Å². The molecule has 6 rings (SSSR count). The molecule has 6 aromatic carbocycles. The third-order valence-electron chi connectivity index (χ3n) is 6.81. The number of phenols is 2. The van der Waals surface area contributed by atoms with Crippen molar-refractivity contribution in [1.29, 1.82) is 0 Å². The van der Waals surface area contributed by atoms with Gasteiger partial charge in [-0.15, -0.1) is 0 Å². The molecule has 0 bridgehead atoms. The van der Waals surface area contributed by atoms with Gasteiger partial charge in [0, 0.05) is 11.1 Å². The number of hydrogen-bond acceptors (Lipinski definition) is 5. The number of ether oxygens (including phenoxy) is 2. The van der Waals surface area contributed by atoms with Gasteiger partial charge in [-0.1, -0.05) is 48.5 Å². The van der Waals surface area contributed by atoms with Crippen molar-refractivity contribution < 1.29 is 24.5 Å². The molecule has 5 heteroatoms. The molecule has 0 spiro atoms. The van der Waals surface area contributed by atoms with Crippen LogP contribution in [0.15, 0.2) is 146 Å². The average Bonchev–Trinajstić information content (AvgIpc) is 3.03. The van der Waals surface area contributed by atoms with Gasteiger partial charge in [0.2, 0.25) is 0 Å². The highest BCUT2D eigenvalue weighted by Gasteiger charge is 2.10. The Morgan fingerprint density at radius 3 is 0.881 bits per heavy atom. The SMILES string of the molecule is O=C(c1ccc(Oc2ccc(-c3ccc(O)cc3)cc2)cc1)c1ccc(Oc2ccc(-c3ccc(O)cc3)cc2)cc1. The first-order valence-corrected chi connectivity index (χ1v) is 13.4. The third kappa shape index (κ3) is 6.16. The summed E-state index contributed by atoms with van der Waals surface area (Å²) in [5, 5.41) is 19.0. The van der Waals surface area contributed by atoms with E-state index in [1.165, 1.54) is 0 Å². The minimum absolute atomic E-state index is 0.0930. The van der Waals surface area contributed by atoms with Gasteiger partial charge in [0.25, 0.3) is 0 Å². The molecule has 0 aliphatic carbocycles. The molecule has 2 N–H and O–H groups in total. The molecule has 0 aromatic heterocycles. The monoisotopic (exact) mass is 550 g/mol. The van der Waals surface area contributed by atoms with Crippen LogP contribution in [0.25, 0.3) is 22.3 Å². The van der Waals surface area contributed by atoms with Gasteiger partial charge < -0.3 is 19.7 Å². The lowest BCUT2D eigenvalue weighted by molar-refractivity contribution is 0.103. The first kappa shape index (κ1) is 26.4. The van der Waals surface area contributed by atoms with Gasteiger partial charge in [0.15, 0.2) is 5.78 Å². The zero-order valence-electron chi connectivity index (χ0n) is 22.5. The summed E-state index contributed by atoms with van der Waals surface area (Å²) in [4.78, 5) is 13.1. The molecule has 0 atom stereocenters. The maximum Gasteiger partial charge on any atom is 0.193 e. The van der Waals surface area contributed by atoms with Crippen LogP contribution in [0.4, 0.5) is 0 Å². The molecular formula is C37H26O5. The van der Waals surface area contributed by atoms with Crippen LogP contribution < -0.4 is 9.47 Å². The molecule has 0 aliphatic rings. The van der Waals surface area contributed by atoms with E-state index in [2.05, 4.69) is 0 Å². The molecule has 6 aromatic rings. The first-order valence-electron chi connectivity index (χ1n) is 13.4. The number of aromatic hydroxyl groups is 2. The van der Waals surface area contributed by atoms with Crippen molar-refractivity contribution in [1.82, 2.24) is 0 Å². The van der Waals surface area contributed by atoms with E-state index >= 15 is 0 Å². The van der Waals surface area contributed by atoms with Gasteiger partial charge in [0.05, 0.1) is 0 Å². The van der Waals surface area contributed by atoms with Gasteiger partial charge in [-0.05, 0) is 119 Å². The molecule has 0 amide bonds. The van der Waals surface area contributed by atoms with E-state index in [-0.39, 0.29) is 17.3 Å². The van der Waals surface area contributed by atoms with Crippen LogP contribution in [-0.2, 0) is 0 Å². The third-order valence-corrected chi connectivity index (χ3v) is 6.81. The van der Waals surface area contributed by atoms with Crippen molar-refractivity contribution in [2.45, 2.75) is 0 Å². The standard InChI is InChI=1S/C37H26O5/c38-31-13-1-25(2-14-31)27-5-17-33(18-6-27)41-35-21-9-29(10-22-35)37(40)30-11-23-36(24-12-30)42-34-19-7-28(8-20-34)26-3-15-32(39)16-4-26/h1-24,38-39H. The van der Waals surface area contributed by atoms with Crippen molar-refractivity contribution >= 4 is 5.78 Å². The van der Waals surface area contributed by atoms with Gasteiger partial charge in [-0.2, -0.15) is 0 Å². The topological polar surface area (TPSA) is 76.0 Å². The number of benzene rings is 6. The normalized spacial score (nSPS) is 10.7. The number of rotatable bonds is 8. The maximum absolute atomic E-state index is 13.1. The van der Waals surface area contributed by atoms with E-state index in [4.69, 9.17) is 9.47 Å². The summed E-state index contributed by atoms with van der Waals surface area (Å²) >= 11 is 0. The van der Waals surface area contributed by atoms with Crippen LogP contribution >= 0.6 is 0 Å². The largest absolute Gasteiger partial charge is 0.508 e. The predicted molar refractivity (Wildman–Crippen MR) is 164 cm³/mol. The lowest BCUT2D eigenvalue weighted by atomic mass is 10.0. The summed E-state index contributed by atoms with van der Waals surface area (Å²) in [6, 6.07) is 43.6. The summed E-state index contributed by atoms with van der Waals surface area (Å²) in [7, 11) is 0. The van der Waals surface area contributed by atoms with Crippen LogP contribution in [0.5, 0.6) is 34.5 Å². The van der Waals surface area contributed by atoms with Gasteiger partial charge in [-0.3, -0.25) is 4.79 Å². The Bertz CT molecular complexity index is 1650. The van der Waals surface area contributed by atoms with Crippen LogP contribution in [0.3, 0.4) is 0 Å². The van der Waals surface area contributed by atoms with Crippen LogP contribution in [-0.4, -0.2) is 16.0 Å². The van der Waals surface area contributed by atoms with Crippen molar-refractivity contribution in [3.8, 4) is 56.8 Å². The Balaban J connectivity index is 1.06. The lowest BCUT2D eigenvalue weighted by Gasteiger charge is -2.09. The summed E-state index contributed by atoms with van der Waals surface area (Å²) in [5.41, 5.74) is 5.16. The molecular weight excluding hydrogens is 524 g/mol. The van der Waals surface area contributed by atoms with Crippen LogP contribution in [0.1, 0.15) is 15.9 Å². The molecule has 42 heavy (non-hydrogen) atoms. The fourth-order valence-electron chi connectivity index (χ4n) is 4.53. The Morgan fingerprint density at radius 1 is 0.357 bits per heavy atom. The van der Waals surface area contributed by atoms with E-state index in [0.29, 0.717) is 34.1 Å². The zero-order chi connectivity index (χ0) is 28.9. The van der Waals surface area contributed by atoms with Crippen LogP contribution in [0.2, 0.25) is 0 Å². The summed E-state index contributed by atoms with van der Waals surface area (Å²) in [5.74, 6) is 3.00.